The number of unbranched alkanes of at least 4 members (excludes halogenated alkanes) is 1. The summed E-state index contributed by atoms with van der Waals surface area (Å²) in [6.07, 6.45) is 2.59. The number of hydrogen-bond acceptors (Lipinski definition) is 2. The Bertz CT molecular complexity index is 305. The third-order valence-electron chi connectivity index (χ3n) is 2.16. The molecule has 2 nitrogen and oxygen atoms in total. The summed E-state index contributed by atoms with van der Waals surface area (Å²) >= 11 is 0. The van der Waals surface area contributed by atoms with Gasteiger partial charge < -0.3 is 4.74 Å². The molecule has 0 unspecified atom stereocenters. The highest BCUT2D eigenvalue weighted by Gasteiger charge is 2.09. The molecule has 0 radical (unpaired) electrons. The molecule has 0 aromatic heterocycles. The van der Waals surface area contributed by atoms with E-state index in [1.54, 1.807) is 7.11 Å². The molecule has 76 valence electrons. The van der Waals surface area contributed by atoms with Gasteiger partial charge in [-0.1, -0.05) is 25.5 Å². The van der Waals surface area contributed by atoms with Crippen molar-refractivity contribution in [2.24, 2.45) is 0 Å². The Kier molecular flexibility index (Phi) is 4.17. The highest BCUT2D eigenvalue weighted by molar-refractivity contribution is 5.98. The van der Waals surface area contributed by atoms with Crippen molar-refractivity contribution >= 4 is 5.78 Å². The van der Waals surface area contributed by atoms with Crippen molar-refractivity contribution in [2.75, 3.05) is 7.11 Å². The molecule has 0 N–H and O–H groups in total. The lowest BCUT2D eigenvalue weighted by molar-refractivity contribution is 0.0977. The number of ether oxygens (including phenoxy) is 1. The third-order valence-corrected chi connectivity index (χ3v) is 2.16. The number of benzene rings is 1. The van der Waals surface area contributed by atoms with Crippen molar-refractivity contribution in [3.8, 4) is 5.75 Å². The van der Waals surface area contributed by atoms with Crippen LogP contribution in [-0.4, -0.2) is 12.9 Å². The predicted molar refractivity (Wildman–Crippen MR) is 56.8 cm³/mol. The topological polar surface area (TPSA) is 26.3 Å². The molecular weight excluding hydrogens is 176 g/mol. The van der Waals surface area contributed by atoms with E-state index in [2.05, 4.69) is 6.92 Å². The van der Waals surface area contributed by atoms with Crippen LogP contribution < -0.4 is 4.74 Å². The van der Waals surface area contributed by atoms with E-state index < -0.39 is 0 Å². The third kappa shape index (κ3) is 2.59. The summed E-state index contributed by atoms with van der Waals surface area (Å²) in [5.41, 5.74) is 0.698. The second-order valence-corrected chi connectivity index (χ2v) is 3.23. The van der Waals surface area contributed by atoms with Crippen LogP contribution in [0, 0.1) is 0 Å². The molecule has 0 amide bonds. The minimum absolute atomic E-state index is 0.171. The van der Waals surface area contributed by atoms with E-state index in [9.17, 15) is 4.79 Å². The first kappa shape index (κ1) is 10.8. The molecule has 0 spiro atoms. The van der Waals surface area contributed by atoms with Gasteiger partial charge in [-0.25, -0.2) is 0 Å². The zero-order chi connectivity index (χ0) is 10.4. The Balaban J connectivity index is 2.78. The van der Waals surface area contributed by atoms with Crippen molar-refractivity contribution in [2.45, 2.75) is 26.2 Å². The molecule has 1 aromatic carbocycles. The van der Waals surface area contributed by atoms with E-state index in [0.717, 1.165) is 12.8 Å². The van der Waals surface area contributed by atoms with Gasteiger partial charge in [0.25, 0.3) is 0 Å². The summed E-state index contributed by atoms with van der Waals surface area (Å²) < 4.78 is 5.13. The molecule has 0 fully saturated rings. The number of Topliss-reactive ketones (excluding diaryl/α,β-unsaturated/α-hetero) is 1. The molecule has 14 heavy (non-hydrogen) atoms. The minimum atomic E-state index is 0.171. The Morgan fingerprint density at radius 3 is 2.71 bits per heavy atom. The maximum atomic E-state index is 11.7. The van der Waals surface area contributed by atoms with Gasteiger partial charge >= 0.3 is 0 Å². The SMILES string of the molecule is CCCCC(=O)c1ccccc1OC. The lowest BCUT2D eigenvalue weighted by Gasteiger charge is -2.06. The number of hydrogen-bond donors (Lipinski definition) is 0. The highest BCUT2D eigenvalue weighted by Crippen LogP contribution is 2.19. The fraction of sp³-hybridized carbons (Fsp3) is 0.417. The van der Waals surface area contributed by atoms with E-state index in [1.165, 1.54) is 0 Å². The van der Waals surface area contributed by atoms with Crippen molar-refractivity contribution in [1.82, 2.24) is 0 Å². The fourth-order valence-corrected chi connectivity index (χ4v) is 1.35. The summed E-state index contributed by atoms with van der Waals surface area (Å²) in [6, 6.07) is 7.37. The first-order valence-electron chi connectivity index (χ1n) is 4.95. The Morgan fingerprint density at radius 1 is 1.36 bits per heavy atom. The van der Waals surface area contributed by atoms with Crippen LogP contribution in [0.25, 0.3) is 0 Å². The number of rotatable bonds is 5. The molecule has 0 bridgehead atoms. The van der Waals surface area contributed by atoms with Crippen molar-refractivity contribution in [3.05, 3.63) is 29.8 Å². The van der Waals surface area contributed by atoms with Gasteiger partial charge in [0, 0.05) is 6.42 Å². The Morgan fingerprint density at radius 2 is 2.07 bits per heavy atom. The van der Waals surface area contributed by atoms with Crippen LogP contribution in [0.15, 0.2) is 24.3 Å². The van der Waals surface area contributed by atoms with Crippen LogP contribution in [0.4, 0.5) is 0 Å². The maximum Gasteiger partial charge on any atom is 0.166 e. The zero-order valence-electron chi connectivity index (χ0n) is 8.75. The van der Waals surface area contributed by atoms with E-state index in [4.69, 9.17) is 4.74 Å². The summed E-state index contributed by atoms with van der Waals surface area (Å²) in [5, 5.41) is 0. The molecule has 0 aliphatic carbocycles. The van der Waals surface area contributed by atoms with E-state index in [0.29, 0.717) is 17.7 Å². The zero-order valence-corrected chi connectivity index (χ0v) is 8.75. The normalized spacial score (nSPS) is 9.86. The van der Waals surface area contributed by atoms with Crippen molar-refractivity contribution in [1.29, 1.82) is 0 Å². The summed E-state index contributed by atoms with van der Waals surface area (Å²) in [7, 11) is 1.59. The molecule has 1 rings (SSSR count). The number of carbonyl (C=O) groups is 1. The van der Waals surface area contributed by atoms with Crippen molar-refractivity contribution in [3.63, 3.8) is 0 Å². The van der Waals surface area contributed by atoms with Crippen LogP contribution in [-0.2, 0) is 0 Å². The van der Waals surface area contributed by atoms with Crippen molar-refractivity contribution < 1.29 is 9.53 Å². The Labute approximate surface area is 84.9 Å². The first-order chi connectivity index (χ1) is 6.79. The van der Waals surface area contributed by atoms with Crippen LogP contribution >= 0.6 is 0 Å². The largest absolute Gasteiger partial charge is 0.496 e. The maximum absolute atomic E-state index is 11.7. The summed E-state index contributed by atoms with van der Waals surface area (Å²) in [4.78, 5) is 11.7. The summed E-state index contributed by atoms with van der Waals surface area (Å²) in [6.45, 7) is 2.08. The predicted octanol–water partition coefficient (Wildman–Crippen LogP) is 3.07. The number of ketones is 1. The number of para-hydroxylation sites is 1. The molecule has 0 atom stereocenters. The van der Waals surface area contributed by atoms with Gasteiger partial charge in [-0.3, -0.25) is 4.79 Å². The first-order valence-corrected chi connectivity index (χ1v) is 4.95. The monoisotopic (exact) mass is 192 g/mol. The molecule has 0 aliphatic heterocycles. The van der Waals surface area contributed by atoms with Gasteiger partial charge in [-0.2, -0.15) is 0 Å². The molecular formula is C12H16O2. The van der Waals surface area contributed by atoms with E-state index >= 15 is 0 Å². The lowest BCUT2D eigenvalue weighted by atomic mass is 10.0. The molecule has 1 aromatic rings. The molecule has 0 saturated heterocycles. The van der Waals surface area contributed by atoms with Gasteiger partial charge in [0.15, 0.2) is 5.78 Å². The van der Waals surface area contributed by atoms with Crippen LogP contribution in [0.5, 0.6) is 5.75 Å². The standard InChI is InChI=1S/C12H16O2/c1-3-4-8-11(13)10-7-5-6-9-12(10)14-2/h5-7,9H,3-4,8H2,1-2H3. The smallest absolute Gasteiger partial charge is 0.166 e. The van der Waals surface area contributed by atoms with Gasteiger partial charge in [0.1, 0.15) is 5.75 Å². The second kappa shape index (κ2) is 5.43. The molecule has 0 aliphatic rings. The molecule has 0 saturated carbocycles. The number of carbonyl (C=O) groups excluding carboxylic acids is 1. The Hall–Kier alpha value is -1.31. The van der Waals surface area contributed by atoms with Crippen LogP contribution in [0.1, 0.15) is 36.5 Å². The average molecular weight is 192 g/mol. The van der Waals surface area contributed by atoms with Crippen LogP contribution in [0.3, 0.4) is 0 Å². The van der Waals surface area contributed by atoms with Gasteiger partial charge in [0.05, 0.1) is 12.7 Å². The van der Waals surface area contributed by atoms with Gasteiger partial charge in [-0.05, 0) is 18.6 Å². The average Bonchev–Trinajstić information content (AvgIpc) is 2.25. The molecule has 2 heteroatoms. The lowest BCUT2D eigenvalue weighted by Crippen LogP contribution is -2.01. The highest BCUT2D eigenvalue weighted by atomic mass is 16.5. The minimum Gasteiger partial charge on any atom is -0.496 e. The number of methoxy groups -OCH3 is 1. The quantitative estimate of drug-likeness (QED) is 0.670. The van der Waals surface area contributed by atoms with Gasteiger partial charge in [0.2, 0.25) is 0 Å². The second-order valence-electron chi connectivity index (χ2n) is 3.23. The molecule has 0 heterocycles. The van der Waals surface area contributed by atoms with Gasteiger partial charge in [-0.15, -0.1) is 0 Å². The van der Waals surface area contributed by atoms with Crippen LogP contribution in [0.2, 0.25) is 0 Å². The fourth-order valence-electron chi connectivity index (χ4n) is 1.35. The van der Waals surface area contributed by atoms with E-state index in [1.807, 2.05) is 24.3 Å². The van der Waals surface area contributed by atoms with E-state index in [-0.39, 0.29) is 5.78 Å². The summed E-state index contributed by atoms with van der Waals surface area (Å²) in [5.74, 6) is 0.845.